The van der Waals surface area contributed by atoms with Gasteiger partial charge in [0.2, 0.25) is 0 Å². The van der Waals surface area contributed by atoms with Gasteiger partial charge in [-0.3, -0.25) is 25.4 Å². The number of carbonyl (C=O) groups is 2. The third-order valence-corrected chi connectivity index (χ3v) is 3.42. The van der Waals surface area contributed by atoms with Crippen molar-refractivity contribution in [3.05, 3.63) is 59.4 Å². The van der Waals surface area contributed by atoms with Crippen LogP contribution in [-0.4, -0.2) is 22.9 Å². The second kappa shape index (κ2) is 7.40. The number of carbonyl (C=O) groups excluding carboxylic acids is 2. The number of aromatic nitrogens is 1. The van der Waals surface area contributed by atoms with E-state index in [0.717, 1.165) is 11.1 Å². The highest BCUT2D eigenvalue weighted by atomic mass is 16.5. The molecule has 0 radical (unpaired) electrons. The Morgan fingerprint density at radius 3 is 2.57 bits per heavy atom. The molecule has 1 heterocycles. The van der Waals surface area contributed by atoms with E-state index in [1.54, 1.807) is 31.2 Å². The van der Waals surface area contributed by atoms with Gasteiger partial charge in [-0.15, -0.1) is 0 Å². The number of nitrogens with zero attached hydrogens (tertiary/aromatic N) is 1. The van der Waals surface area contributed by atoms with Crippen molar-refractivity contribution in [2.75, 3.05) is 0 Å². The first-order valence-corrected chi connectivity index (χ1v) is 7.23. The minimum Gasteiger partial charge on any atom is -0.481 e. The first-order chi connectivity index (χ1) is 11.0. The molecule has 0 bridgehead atoms. The Hall–Kier alpha value is -2.89. The molecule has 0 aliphatic heterocycles. The predicted octanol–water partition coefficient (Wildman–Crippen LogP) is 1.93. The predicted molar refractivity (Wildman–Crippen MR) is 85.9 cm³/mol. The molecule has 0 aliphatic carbocycles. The van der Waals surface area contributed by atoms with Crippen LogP contribution in [0.4, 0.5) is 0 Å². The summed E-state index contributed by atoms with van der Waals surface area (Å²) in [6, 6.07) is 10.6. The lowest BCUT2D eigenvalue weighted by Crippen LogP contribution is -2.47. The largest absolute Gasteiger partial charge is 0.481 e. The fourth-order valence-corrected chi connectivity index (χ4v) is 1.88. The fourth-order valence-electron chi connectivity index (χ4n) is 1.88. The fraction of sp³-hybridized carbons (Fsp3) is 0.235. The molecule has 120 valence electrons. The van der Waals surface area contributed by atoms with E-state index in [-0.39, 0.29) is 5.69 Å². The van der Waals surface area contributed by atoms with Gasteiger partial charge in [-0.2, -0.15) is 0 Å². The molecule has 2 rings (SSSR count). The number of benzene rings is 1. The van der Waals surface area contributed by atoms with E-state index in [0.29, 0.717) is 5.75 Å². The number of nitrogens with one attached hydrogen (secondary N) is 2. The van der Waals surface area contributed by atoms with Crippen LogP contribution in [0.5, 0.6) is 5.75 Å². The Labute approximate surface area is 134 Å². The molecule has 2 N–H and O–H groups in total. The Bertz CT molecular complexity index is 701. The maximum atomic E-state index is 12.0. The van der Waals surface area contributed by atoms with Gasteiger partial charge in [0.15, 0.2) is 6.10 Å². The third-order valence-electron chi connectivity index (χ3n) is 3.42. The van der Waals surface area contributed by atoms with Gasteiger partial charge in [-0.1, -0.05) is 18.2 Å². The summed E-state index contributed by atoms with van der Waals surface area (Å²) in [5.74, 6) is -0.295. The smallest absolute Gasteiger partial charge is 0.288 e. The topological polar surface area (TPSA) is 80.3 Å². The zero-order valence-electron chi connectivity index (χ0n) is 13.3. The molecule has 6 nitrogen and oxygen atoms in total. The molecular formula is C17H19N3O3. The van der Waals surface area contributed by atoms with Crippen molar-refractivity contribution in [2.24, 2.45) is 0 Å². The number of hydrazine groups is 1. The number of hydrogen-bond donors (Lipinski definition) is 2. The Kier molecular flexibility index (Phi) is 5.30. The highest BCUT2D eigenvalue weighted by Crippen LogP contribution is 2.21. The van der Waals surface area contributed by atoms with E-state index in [2.05, 4.69) is 15.8 Å². The molecule has 1 aromatic carbocycles. The van der Waals surface area contributed by atoms with Crippen LogP contribution in [0.1, 0.15) is 28.5 Å². The second-order valence-electron chi connectivity index (χ2n) is 5.12. The molecule has 0 unspecified atom stereocenters. The summed E-state index contributed by atoms with van der Waals surface area (Å²) in [4.78, 5) is 27.7. The summed E-state index contributed by atoms with van der Waals surface area (Å²) in [6.07, 6.45) is 0.753. The minimum atomic E-state index is -0.750. The van der Waals surface area contributed by atoms with E-state index in [1.807, 2.05) is 26.0 Å². The number of amides is 2. The van der Waals surface area contributed by atoms with Crippen LogP contribution in [-0.2, 0) is 4.79 Å². The average molecular weight is 313 g/mol. The highest BCUT2D eigenvalue weighted by Gasteiger charge is 2.17. The van der Waals surface area contributed by atoms with Gasteiger partial charge < -0.3 is 4.74 Å². The van der Waals surface area contributed by atoms with E-state index in [1.165, 1.54) is 6.20 Å². The van der Waals surface area contributed by atoms with E-state index >= 15 is 0 Å². The van der Waals surface area contributed by atoms with Crippen molar-refractivity contribution in [3.8, 4) is 5.75 Å². The zero-order valence-corrected chi connectivity index (χ0v) is 13.3. The van der Waals surface area contributed by atoms with Gasteiger partial charge in [0.05, 0.1) is 0 Å². The third kappa shape index (κ3) is 4.29. The number of aryl methyl sites for hydroxylation is 1. The molecule has 2 amide bonds. The maximum Gasteiger partial charge on any atom is 0.288 e. The molecule has 1 aromatic heterocycles. The lowest BCUT2D eigenvalue weighted by Gasteiger charge is -2.17. The Morgan fingerprint density at radius 1 is 1.09 bits per heavy atom. The number of rotatable bonds is 4. The average Bonchev–Trinajstić information content (AvgIpc) is 2.57. The lowest BCUT2D eigenvalue weighted by atomic mass is 10.1. The van der Waals surface area contributed by atoms with Crippen molar-refractivity contribution in [2.45, 2.75) is 26.9 Å². The van der Waals surface area contributed by atoms with Crippen molar-refractivity contribution in [3.63, 3.8) is 0 Å². The molecule has 6 heteroatoms. The number of hydrogen-bond acceptors (Lipinski definition) is 4. The summed E-state index contributed by atoms with van der Waals surface area (Å²) in [5, 5.41) is 0. The highest BCUT2D eigenvalue weighted by molar-refractivity contribution is 5.94. The SMILES string of the molecule is Cc1cccc(O[C@H](C)C(=O)NNC(=O)c2ccccn2)c1C. The first-order valence-electron chi connectivity index (χ1n) is 7.23. The quantitative estimate of drug-likeness (QED) is 0.845. The van der Waals surface area contributed by atoms with Gasteiger partial charge in [0, 0.05) is 6.20 Å². The normalized spacial score (nSPS) is 11.4. The van der Waals surface area contributed by atoms with Gasteiger partial charge in [0.1, 0.15) is 11.4 Å². The Balaban J connectivity index is 1.90. The summed E-state index contributed by atoms with van der Waals surface area (Å²) >= 11 is 0. The molecular weight excluding hydrogens is 294 g/mol. The molecule has 2 aromatic rings. The molecule has 0 fully saturated rings. The first kappa shape index (κ1) is 16.5. The van der Waals surface area contributed by atoms with Gasteiger partial charge >= 0.3 is 0 Å². The van der Waals surface area contributed by atoms with Gasteiger partial charge in [-0.25, -0.2) is 0 Å². The molecule has 23 heavy (non-hydrogen) atoms. The van der Waals surface area contributed by atoms with Crippen LogP contribution < -0.4 is 15.6 Å². The second-order valence-corrected chi connectivity index (χ2v) is 5.12. The van der Waals surface area contributed by atoms with E-state index in [4.69, 9.17) is 4.74 Å². The summed E-state index contributed by atoms with van der Waals surface area (Å²) in [5.41, 5.74) is 6.92. The molecule has 0 saturated carbocycles. The summed E-state index contributed by atoms with van der Waals surface area (Å²) < 4.78 is 5.65. The monoisotopic (exact) mass is 313 g/mol. The van der Waals surface area contributed by atoms with Crippen LogP contribution >= 0.6 is 0 Å². The summed E-state index contributed by atoms with van der Waals surface area (Å²) in [6.45, 7) is 5.52. The van der Waals surface area contributed by atoms with E-state index in [9.17, 15) is 9.59 Å². The van der Waals surface area contributed by atoms with Crippen LogP contribution in [0, 0.1) is 13.8 Å². The maximum absolute atomic E-state index is 12.0. The van der Waals surface area contributed by atoms with Gasteiger partial charge in [-0.05, 0) is 50.1 Å². The van der Waals surface area contributed by atoms with Crippen molar-refractivity contribution >= 4 is 11.8 Å². The van der Waals surface area contributed by atoms with Crippen molar-refractivity contribution < 1.29 is 14.3 Å². The standard InChI is InChI=1S/C17H19N3O3/c1-11-7-6-9-15(12(11)2)23-13(3)16(21)19-20-17(22)14-8-4-5-10-18-14/h4-10,13H,1-3H3,(H,19,21)(H,20,22)/t13-/m1/s1. The molecule has 0 saturated heterocycles. The molecule has 1 atom stereocenters. The van der Waals surface area contributed by atoms with Crippen LogP contribution in [0.25, 0.3) is 0 Å². The van der Waals surface area contributed by atoms with Crippen molar-refractivity contribution in [1.29, 1.82) is 0 Å². The summed E-state index contributed by atoms with van der Waals surface area (Å²) in [7, 11) is 0. The van der Waals surface area contributed by atoms with Crippen LogP contribution in [0.2, 0.25) is 0 Å². The minimum absolute atomic E-state index is 0.218. The number of ether oxygens (including phenoxy) is 1. The lowest BCUT2D eigenvalue weighted by molar-refractivity contribution is -0.128. The van der Waals surface area contributed by atoms with Crippen LogP contribution in [0.15, 0.2) is 42.6 Å². The molecule has 0 spiro atoms. The zero-order chi connectivity index (χ0) is 16.8. The molecule has 0 aliphatic rings. The Morgan fingerprint density at radius 2 is 1.87 bits per heavy atom. The number of pyridine rings is 1. The van der Waals surface area contributed by atoms with E-state index < -0.39 is 17.9 Å². The van der Waals surface area contributed by atoms with Gasteiger partial charge in [0.25, 0.3) is 11.8 Å². The van der Waals surface area contributed by atoms with Crippen LogP contribution in [0.3, 0.4) is 0 Å². The van der Waals surface area contributed by atoms with Crippen molar-refractivity contribution in [1.82, 2.24) is 15.8 Å².